The summed E-state index contributed by atoms with van der Waals surface area (Å²) in [4.78, 5) is 23.3. The highest BCUT2D eigenvalue weighted by atomic mass is 35.5. The standard InChI is InChI=1S/C16H14ClF2N3O4/c1-25-12-7-10(6-11(17)15(12)26-16(18)19)8-20-21-13(23)9-22-5-3-2-4-14(22)24/h2-8,16H,9H2,1H3,(H,21,23)/b20-8-. The van der Waals surface area contributed by atoms with E-state index in [-0.39, 0.29) is 28.6 Å². The summed E-state index contributed by atoms with van der Waals surface area (Å²) < 4.78 is 35.2. The maximum atomic E-state index is 12.4. The van der Waals surface area contributed by atoms with E-state index in [1.54, 1.807) is 12.1 Å². The second-order valence-electron chi connectivity index (χ2n) is 4.87. The molecule has 2 rings (SSSR count). The molecule has 2 aromatic rings. The molecule has 0 saturated carbocycles. The molecule has 0 bridgehead atoms. The predicted octanol–water partition coefficient (Wildman–Crippen LogP) is 2.26. The highest BCUT2D eigenvalue weighted by Crippen LogP contribution is 2.37. The molecule has 0 spiro atoms. The van der Waals surface area contributed by atoms with E-state index in [0.29, 0.717) is 5.56 Å². The Morgan fingerprint density at radius 1 is 1.42 bits per heavy atom. The number of halogens is 3. The van der Waals surface area contributed by atoms with Crippen molar-refractivity contribution >= 4 is 23.7 Å². The number of rotatable bonds is 7. The van der Waals surface area contributed by atoms with Gasteiger partial charge in [0.2, 0.25) is 0 Å². The molecule has 138 valence electrons. The van der Waals surface area contributed by atoms with E-state index in [2.05, 4.69) is 15.3 Å². The van der Waals surface area contributed by atoms with Crippen LogP contribution in [0.4, 0.5) is 8.78 Å². The number of nitrogens with one attached hydrogen (secondary N) is 1. The van der Waals surface area contributed by atoms with Crippen molar-refractivity contribution in [2.45, 2.75) is 13.2 Å². The van der Waals surface area contributed by atoms with E-state index in [9.17, 15) is 18.4 Å². The lowest BCUT2D eigenvalue weighted by Crippen LogP contribution is -2.28. The molecule has 1 amide bonds. The lowest BCUT2D eigenvalue weighted by atomic mass is 10.2. The molecule has 0 saturated heterocycles. The first-order valence-corrected chi connectivity index (χ1v) is 7.58. The van der Waals surface area contributed by atoms with Crippen molar-refractivity contribution in [3.8, 4) is 11.5 Å². The Morgan fingerprint density at radius 2 is 2.19 bits per heavy atom. The lowest BCUT2D eigenvalue weighted by Gasteiger charge is -2.12. The highest BCUT2D eigenvalue weighted by molar-refractivity contribution is 6.32. The van der Waals surface area contributed by atoms with E-state index in [1.165, 1.54) is 42.3 Å². The number of hydrazone groups is 1. The molecular weight excluding hydrogens is 372 g/mol. The molecule has 10 heteroatoms. The topological polar surface area (TPSA) is 81.9 Å². The predicted molar refractivity (Wildman–Crippen MR) is 91.1 cm³/mol. The minimum atomic E-state index is -3.05. The van der Waals surface area contributed by atoms with Crippen molar-refractivity contribution in [1.29, 1.82) is 0 Å². The molecule has 0 aliphatic heterocycles. The number of hydrogen-bond acceptors (Lipinski definition) is 5. The molecule has 1 aromatic carbocycles. The number of hydrogen-bond donors (Lipinski definition) is 1. The van der Waals surface area contributed by atoms with Gasteiger partial charge in [-0.05, 0) is 23.8 Å². The van der Waals surface area contributed by atoms with Gasteiger partial charge in [-0.3, -0.25) is 9.59 Å². The summed E-state index contributed by atoms with van der Waals surface area (Å²) in [6.07, 6.45) is 2.71. The smallest absolute Gasteiger partial charge is 0.387 e. The highest BCUT2D eigenvalue weighted by Gasteiger charge is 2.15. The molecule has 1 aromatic heterocycles. The van der Waals surface area contributed by atoms with Gasteiger partial charge in [-0.2, -0.15) is 13.9 Å². The van der Waals surface area contributed by atoms with Crippen LogP contribution in [0, 0.1) is 0 Å². The molecule has 1 N–H and O–H groups in total. The molecule has 0 aliphatic carbocycles. The molecule has 0 fully saturated rings. The van der Waals surface area contributed by atoms with Crippen molar-refractivity contribution in [3.05, 3.63) is 57.5 Å². The van der Waals surface area contributed by atoms with Crippen molar-refractivity contribution in [3.63, 3.8) is 0 Å². The number of carbonyl (C=O) groups excluding carboxylic acids is 1. The third-order valence-electron chi connectivity index (χ3n) is 3.07. The summed E-state index contributed by atoms with van der Waals surface area (Å²) in [7, 11) is 1.27. The van der Waals surface area contributed by atoms with Crippen LogP contribution in [0.5, 0.6) is 11.5 Å². The minimum absolute atomic E-state index is 0.0126. The van der Waals surface area contributed by atoms with Crippen molar-refractivity contribution in [2.75, 3.05) is 7.11 Å². The number of aromatic nitrogens is 1. The molecule has 0 radical (unpaired) electrons. The summed E-state index contributed by atoms with van der Waals surface area (Å²) >= 11 is 5.90. The number of amides is 1. The summed E-state index contributed by atoms with van der Waals surface area (Å²) in [5, 5.41) is 3.63. The van der Waals surface area contributed by atoms with Crippen LogP contribution in [-0.2, 0) is 11.3 Å². The van der Waals surface area contributed by atoms with E-state index in [4.69, 9.17) is 16.3 Å². The van der Waals surface area contributed by atoms with E-state index in [0.717, 1.165) is 0 Å². The fourth-order valence-electron chi connectivity index (χ4n) is 1.98. The maximum absolute atomic E-state index is 12.4. The maximum Gasteiger partial charge on any atom is 0.387 e. The van der Waals surface area contributed by atoms with Crippen LogP contribution in [0.25, 0.3) is 0 Å². The van der Waals surface area contributed by atoms with Crippen LogP contribution >= 0.6 is 11.6 Å². The summed E-state index contributed by atoms with van der Waals surface area (Å²) in [6.45, 7) is -3.26. The number of carbonyl (C=O) groups is 1. The quantitative estimate of drug-likeness (QED) is 0.585. The fraction of sp³-hybridized carbons (Fsp3) is 0.188. The summed E-state index contributed by atoms with van der Waals surface area (Å²) in [5.41, 5.74) is 2.30. The van der Waals surface area contributed by atoms with Gasteiger partial charge in [0, 0.05) is 12.3 Å². The van der Waals surface area contributed by atoms with Gasteiger partial charge in [0.05, 0.1) is 18.3 Å². The van der Waals surface area contributed by atoms with Gasteiger partial charge in [0.1, 0.15) is 6.54 Å². The van der Waals surface area contributed by atoms with Gasteiger partial charge >= 0.3 is 6.61 Å². The van der Waals surface area contributed by atoms with Crippen LogP contribution in [0.15, 0.2) is 46.4 Å². The van der Waals surface area contributed by atoms with Crippen molar-refractivity contribution in [2.24, 2.45) is 5.10 Å². The van der Waals surface area contributed by atoms with Gasteiger partial charge in [-0.25, -0.2) is 5.43 Å². The molecule has 26 heavy (non-hydrogen) atoms. The fourth-order valence-corrected chi connectivity index (χ4v) is 2.24. The number of benzene rings is 1. The van der Waals surface area contributed by atoms with Gasteiger partial charge in [0.15, 0.2) is 11.5 Å². The third kappa shape index (κ3) is 5.28. The molecule has 0 aliphatic rings. The first-order chi connectivity index (χ1) is 12.4. The average molecular weight is 386 g/mol. The van der Waals surface area contributed by atoms with Gasteiger partial charge in [0.25, 0.3) is 11.5 Å². The van der Waals surface area contributed by atoms with Crippen molar-refractivity contribution in [1.82, 2.24) is 9.99 Å². The molecule has 0 unspecified atom stereocenters. The SMILES string of the molecule is COc1cc(/C=N\NC(=O)Cn2ccccc2=O)cc(Cl)c1OC(F)F. The zero-order chi connectivity index (χ0) is 19.1. The van der Waals surface area contributed by atoms with Crippen LogP contribution in [0.1, 0.15) is 5.56 Å². The van der Waals surface area contributed by atoms with Gasteiger partial charge < -0.3 is 14.0 Å². The Labute approximate surface area is 151 Å². The van der Waals surface area contributed by atoms with Crippen LogP contribution in [0.3, 0.4) is 0 Å². The number of ether oxygens (including phenoxy) is 2. The van der Waals surface area contributed by atoms with Gasteiger partial charge in [-0.1, -0.05) is 17.7 Å². The molecular formula is C16H14ClF2N3O4. The zero-order valence-electron chi connectivity index (χ0n) is 13.5. The second kappa shape index (κ2) is 8.95. The lowest BCUT2D eigenvalue weighted by molar-refractivity contribution is -0.121. The minimum Gasteiger partial charge on any atom is -0.493 e. The number of pyridine rings is 1. The number of nitrogens with zero attached hydrogens (tertiary/aromatic N) is 2. The van der Waals surface area contributed by atoms with E-state index >= 15 is 0 Å². The molecule has 0 atom stereocenters. The van der Waals surface area contributed by atoms with E-state index in [1.807, 2.05) is 0 Å². The Kier molecular flexibility index (Phi) is 6.67. The largest absolute Gasteiger partial charge is 0.493 e. The van der Waals surface area contributed by atoms with Crippen LogP contribution in [-0.4, -0.2) is 30.4 Å². The van der Waals surface area contributed by atoms with E-state index < -0.39 is 12.5 Å². The number of alkyl halides is 2. The third-order valence-corrected chi connectivity index (χ3v) is 3.36. The Bertz CT molecular complexity index is 871. The molecule has 1 heterocycles. The normalized spacial score (nSPS) is 11.0. The van der Waals surface area contributed by atoms with Gasteiger partial charge in [-0.15, -0.1) is 0 Å². The monoisotopic (exact) mass is 385 g/mol. The molecule has 7 nitrogen and oxygen atoms in total. The average Bonchev–Trinajstić information content (AvgIpc) is 2.58. The summed E-state index contributed by atoms with van der Waals surface area (Å²) in [5.74, 6) is -0.833. The Morgan fingerprint density at radius 3 is 2.85 bits per heavy atom. The Balaban J connectivity index is 2.06. The number of methoxy groups -OCH3 is 1. The first kappa shape index (κ1) is 19.4. The summed E-state index contributed by atoms with van der Waals surface area (Å²) in [6, 6.07) is 7.19. The zero-order valence-corrected chi connectivity index (χ0v) is 14.2. The Hall–Kier alpha value is -2.94. The van der Waals surface area contributed by atoms with Crippen LogP contribution in [0.2, 0.25) is 5.02 Å². The van der Waals surface area contributed by atoms with Crippen molar-refractivity contribution < 1.29 is 23.0 Å². The van der Waals surface area contributed by atoms with Crippen LogP contribution < -0.4 is 20.5 Å². The second-order valence-corrected chi connectivity index (χ2v) is 5.28. The first-order valence-electron chi connectivity index (χ1n) is 7.20.